The molecule has 29 heavy (non-hydrogen) atoms. The number of amides is 1. The first-order valence-corrected chi connectivity index (χ1v) is 11.0. The van der Waals surface area contributed by atoms with Gasteiger partial charge in [0.05, 0.1) is 32.2 Å². The number of aryl methyl sites for hydroxylation is 1. The van der Waals surface area contributed by atoms with E-state index in [2.05, 4.69) is 5.32 Å². The van der Waals surface area contributed by atoms with Crippen molar-refractivity contribution in [2.24, 2.45) is 0 Å². The summed E-state index contributed by atoms with van der Waals surface area (Å²) >= 11 is 0. The lowest BCUT2D eigenvalue weighted by molar-refractivity contribution is -0.122. The van der Waals surface area contributed by atoms with Crippen LogP contribution in [0, 0.1) is 6.92 Å². The van der Waals surface area contributed by atoms with Crippen LogP contribution in [0.25, 0.3) is 0 Å². The molecule has 0 aliphatic heterocycles. The number of benzene rings is 2. The second-order valence-corrected chi connectivity index (χ2v) is 8.77. The third-order valence-electron chi connectivity index (χ3n) is 4.63. The van der Waals surface area contributed by atoms with Gasteiger partial charge in [0.2, 0.25) is 15.9 Å². The first-order chi connectivity index (χ1) is 13.6. The van der Waals surface area contributed by atoms with Gasteiger partial charge in [0.25, 0.3) is 0 Å². The van der Waals surface area contributed by atoms with E-state index in [-0.39, 0.29) is 6.04 Å². The van der Waals surface area contributed by atoms with Crippen LogP contribution >= 0.6 is 0 Å². The first-order valence-electron chi connectivity index (χ1n) is 9.16. The lowest BCUT2D eigenvalue weighted by Crippen LogP contribution is -2.48. The van der Waals surface area contributed by atoms with Crippen LogP contribution in [0.3, 0.4) is 0 Å². The number of nitrogens with zero attached hydrogens (tertiary/aromatic N) is 1. The van der Waals surface area contributed by atoms with Crippen molar-refractivity contribution in [3.05, 3.63) is 53.6 Å². The fourth-order valence-corrected chi connectivity index (χ4v) is 4.23. The minimum Gasteiger partial charge on any atom is -0.497 e. The van der Waals surface area contributed by atoms with Crippen LogP contribution in [-0.4, -0.2) is 40.8 Å². The molecule has 0 bridgehead atoms. The Morgan fingerprint density at radius 2 is 1.66 bits per heavy atom. The summed E-state index contributed by atoms with van der Waals surface area (Å²) in [5.74, 6) is 0.682. The van der Waals surface area contributed by atoms with Gasteiger partial charge in [0.1, 0.15) is 17.5 Å². The molecule has 1 amide bonds. The van der Waals surface area contributed by atoms with Gasteiger partial charge in [-0.2, -0.15) is 0 Å². The van der Waals surface area contributed by atoms with E-state index in [1.54, 1.807) is 26.2 Å². The molecule has 2 aromatic rings. The fraction of sp³-hybridized carbons (Fsp3) is 0.381. The van der Waals surface area contributed by atoms with E-state index < -0.39 is 22.0 Å². The van der Waals surface area contributed by atoms with Crippen molar-refractivity contribution < 1.29 is 22.7 Å². The highest BCUT2D eigenvalue weighted by Gasteiger charge is 2.32. The second-order valence-electron chi connectivity index (χ2n) is 6.91. The highest BCUT2D eigenvalue weighted by Crippen LogP contribution is 2.32. The minimum atomic E-state index is -3.75. The number of hydrogen-bond acceptors (Lipinski definition) is 5. The summed E-state index contributed by atoms with van der Waals surface area (Å²) in [5, 5.41) is 2.88. The lowest BCUT2D eigenvalue weighted by atomic mass is 10.1. The molecule has 0 aromatic heterocycles. The van der Waals surface area contributed by atoms with Gasteiger partial charge in [-0.1, -0.05) is 18.2 Å². The Kier molecular flexibility index (Phi) is 7.13. The van der Waals surface area contributed by atoms with Gasteiger partial charge in [-0.3, -0.25) is 9.10 Å². The van der Waals surface area contributed by atoms with Gasteiger partial charge >= 0.3 is 0 Å². The molecule has 2 aromatic carbocycles. The molecule has 7 nitrogen and oxygen atoms in total. The minimum absolute atomic E-state index is 0.309. The second kappa shape index (κ2) is 9.17. The third kappa shape index (κ3) is 5.41. The third-order valence-corrected chi connectivity index (χ3v) is 5.86. The van der Waals surface area contributed by atoms with Crippen molar-refractivity contribution >= 4 is 21.6 Å². The van der Waals surface area contributed by atoms with Crippen LogP contribution < -0.4 is 19.1 Å². The highest BCUT2D eigenvalue weighted by atomic mass is 32.2. The van der Waals surface area contributed by atoms with E-state index in [9.17, 15) is 13.2 Å². The summed E-state index contributed by atoms with van der Waals surface area (Å²) < 4.78 is 36.7. The smallest absolute Gasteiger partial charge is 0.244 e. The zero-order chi connectivity index (χ0) is 21.8. The molecule has 0 heterocycles. The largest absolute Gasteiger partial charge is 0.497 e. The Labute approximate surface area is 172 Å². The topological polar surface area (TPSA) is 84.9 Å². The lowest BCUT2D eigenvalue weighted by Gasteiger charge is -2.30. The van der Waals surface area contributed by atoms with Gasteiger partial charge < -0.3 is 14.8 Å². The molecule has 1 N–H and O–H groups in total. The Balaban J connectivity index is 2.30. The van der Waals surface area contributed by atoms with E-state index in [1.165, 1.54) is 7.11 Å². The van der Waals surface area contributed by atoms with E-state index in [0.717, 1.165) is 27.4 Å². The van der Waals surface area contributed by atoms with E-state index in [4.69, 9.17) is 9.47 Å². The molecule has 0 aliphatic rings. The SMILES string of the molecule is COc1ccc([C@H](C)NC(=O)[C@@H](C)N(c2cc(C)ccc2OC)S(C)(=O)=O)cc1. The molecular weight excluding hydrogens is 392 g/mol. The van der Waals surface area contributed by atoms with Crippen molar-refractivity contribution in [1.29, 1.82) is 0 Å². The van der Waals surface area contributed by atoms with E-state index in [1.807, 2.05) is 44.2 Å². The zero-order valence-electron chi connectivity index (χ0n) is 17.6. The summed E-state index contributed by atoms with van der Waals surface area (Å²) in [6, 6.07) is 11.2. The van der Waals surface area contributed by atoms with Gasteiger partial charge in [-0.25, -0.2) is 8.42 Å². The number of carbonyl (C=O) groups is 1. The number of anilines is 1. The van der Waals surface area contributed by atoms with Crippen molar-refractivity contribution in [3.63, 3.8) is 0 Å². The van der Waals surface area contributed by atoms with Gasteiger partial charge in [-0.05, 0) is 56.2 Å². The predicted octanol–water partition coefficient (Wildman–Crippen LogP) is 3.04. The van der Waals surface area contributed by atoms with Crippen LogP contribution in [0.5, 0.6) is 11.5 Å². The van der Waals surface area contributed by atoms with Gasteiger partial charge in [-0.15, -0.1) is 0 Å². The van der Waals surface area contributed by atoms with E-state index in [0.29, 0.717) is 11.4 Å². The molecule has 0 saturated carbocycles. The molecule has 0 aliphatic carbocycles. The Morgan fingerprint density at radius 1 is 1.03 bits per heavy atom. The van der Waals surface area contributed by atoms with Crippen molar-refractivity contribution in [2.75, 3.05) is 24.8 Å². The van der Waals surface area contributed by atoms with Gasteiger partial charge in [0.15, 0.2) is 0 Å². The number of hydrogen-bond donors (Lipinski definition) is 1. The van der Waals surface area contributed by atoms with Gasteiger partial charge in [0, 0.05) is 0 Å². The highest BCUT2D eigenvalue weighted by molar-refractivity contribution is 7.92. The molecule has 0 spiro atoms. The molecule has 8 heteroatoms. The maximum Gasteiger partial charge on any atom is 0.244 e. The molecule has 0 radical (unpaired) electrons. The summed E-state index contributed by atoms with van der Waals surface area (Å²) in [7, 11) is -0.697. The fourth-order valence-electron chi connectivity index (χ4n) is 3.06. The predicted molar refractivity (Wildman–Crippen MR) is 114 cm³/mol. The van der Waals surface area contributed by atoms with Crippen molar-refractivity contribution in [3.8, 4) is 11.5 Å². The zero-order valence-corrected chi connectivity index (χ0v) is 18.4. The van der Waals surface area contributed by atoms with Crippen molar-refractivity contribution in [2.45, 2.75) is 32.9 Å². The summed E-state index contributed by atoms with van der Waals surface area (Å²) in [4.78, 5) is 12.9. The quantitative estimate of drug-likeness (QED) is 0.710. The van der Waals surface area contributed by atoms with Crippen LogP contribution in [0.1, 0.15) is 31.0 Å². The van der Waals surface area contributed by atoms with E-state index >= 15 is 0 Å². The number of rotatable bonds is 8. The van der Waals surface area contributed by atoms with Crippen LogP contribution in [0.15, 0.2) is 42.5 Å². The Hall–Kier alpha value is -2.74. The number of ether oxygens (including phenoxy) is 2. The normalized spacial score (nSPS) is 13.3. The Bertz CT molecular complexity index is 958. The number of carbonyl (C=O) groups excluding carboxylic acids is 1. The van der Waals surface area contributed by atoms with Crippen LogP contribution in [0.4, 0.5) is 5.69 Å². The molecule has 2 atom stereocenters. The monoisotopic (exact) mass is 420 g/mol. The summed E-state index contributed by atoms with van der Waals surface area (Å²) in [5.41, 5.74) is 2.06. The molecule has 0 unspecified atom stereocenters. The maximum absolute atomic E-state index is 12.9. The van der Waals surface area contributed by atoms with Crippen LogP contribution in [-0.2, 0) is 14.8 Å². The molecular formula is C21H28N2O5S. The molecule has 0 fully saturated rings. The molecule has 0 saturated heterocycles. The molecule has 2 rings (SSSR count). The Morgan fingerprint density at radius 3 is 2.17 bits per heavy atom. The summed E-state index contributed by atoms with van der Waals surface area (Å²) in [6.07, 6.45) is 1.07. The standard InChI is InChI=1S/C21H28N2O5S/c1-14-7-12-20(28-5)19(13-14)23(29(6,25)26)16(3)21(24)22-15(2)17-8-10-18(27-4)11-9-17/h7-13,15-16H,1-6H3,(H,22,24)/t15-,16+/m0/s1. The van der Waals surface area contributed by atoms with Crippen LogP contribution in [0.2, 0.25) is 0 Å². The maximum atomic E-state index is 12.9. The number of sulfonamides is 1. The number of nitrogens with one attached hydrogen (secondary N) is 1. The first kappa shape index (κ1) is 22.5. The average Bonchev–Trinajstić information content (AvgIpc) is 2.67. The molecule has 158 valence electrons. The average molecular weight is 421 g/mol. The number of methoxy groups -OCH3 is 2. The van der Waals surface area contributed by atoms with Crippen molar-refractivity contribution in [1.82, 2.24) is 5.32 Å². The summed E-state index contributed by atoms with van der Waals surface area (Å²) in [6.45, 7) is 5.24.